The maximum atomic E-state index is 13.0. The third-order valence-corrected chi connectivity index (χ3v) is 3.95. The number of amidine groups is 1. The van der Waals surface area contributed by atoms with Gasteiger partial charge < -0.3 is 5.32 Å². The van der Waals surface area contributed by atoms with E-state index in [1.807, 2.05) is 6.92 Å². The summed E-state index contributed by atoms with van der Waals surface area (Å²) in [5, 5.41) is 3.38. The molecule has 2 unspecified atom stereocenters. The molecule has 4 heteroatoms. The number of hydrogen-bond acceptors (Lipinski definition) is 2. The van der Waals surface area contributed by atoms with Crippen molar-refractivity contribution < 1.29 is 8.78 Å². The van der Waals surface area contributed by atoms with E-state index in [0.717, 1.165) is 29.8 Å². The minimum absolute atomic E-state index is 0.107. The van der Waals surface area contributed by atoms with Gasteiger partial charge in [-0.3, -0.25) is 4.99 Å². The molecule has 2 aromatic rings. The summed E-state index contributed by atoms with van der Waals surface area (Å²) in [7, 11) is 0. The van der Waals surface area contributed by atoms with Gasteiger partial charge in [-0.2, -0.15) is 0 Å². The van der Waals surface area contributed by atoms with Crippen LogP contribution in [0.1, 0.15) is 18.1 Å². The van der Waals surface area contributed by atoms with E-state index in [9.17, 15) is 8.78 Å². The number of hydrogen-bond donors (Lipinski definition) is 1. The zero-order valence-electron chi connectivity index (χ0n) is 12.4. The first-order chi connectivity index (χ1) is 10.6. The van der Waals surface area contributed by atoms with Crippen LogP contribution >= 0.6 is 0 Å². The average Bonchev–Trinajstić information content (AvgIpc) is 2.83. The topological polar surface area (TPSA) is 24.4 Å². The van der Waals surface area contributed by atoms with Gasteiger partial charge in [-0.1, -0.05) is 24.3 Å². The molecular weight excluding hydrogens is 282 g/mol. The van der Waals surface area contributed by atoms with Crippen LogP contribution in [0.2, 0.25) is 0 Å². The highest BCUT2D eigenvalue weighted by molar-refractivity contribution is 5.82. The van der Waals surface area contributed by atoms with Gasteiger partial charge in [0.2, 0.25) is 0 Å². The van der Waals surface area contributed by atoms with Crippen LogP contribution in [-0.2, 0) is 12.8 Å². The monoisotopic (exact) mass is 300 g/mol. The largest absolute Gasteiger partial charge is 0.369 e. The summed E-state index contributed by atoms with van der Waals surface area (Å²) in [5.74, 6) is 0.466. The zero-order chi connectivity index (χ0) is 15.5. The molecule has 1 heterocycles. The van der Waals surface area contributed by atoms with E-state index in [1.54, 1.807) is 24.3 Å². The van der Waals surface area contributed by atoms with Crippen molar-refractivity contribution in [2.24, 2.45) is 4.99 Å². The Labute approximate surface area is 128 Å². The molecule has 0 spiro atoms. The molecule has 0 saturated heterocycles. The fraction of sp³-hybridized carbons (Fsp3) is 0.278. The Kier molecular flexibility index (Phi) is 4.18. The van der Waals surface area contributed by atoms with Gasteiger partial charge in [0.1, 0.15) is 11.6 Å². The molecule has 0 aromatic heterocycles. The van der Waals surface area contributed by atoms with Crippen LogP contribution in [0.4, 0.5) is 8.78 Å². The van der Waals surface area contributed by atoms with Crippen LogP contribution in [0, 0.1) is 11.6 Å². The normalized spacial score (nSPS) is 20.6. The third-order valence-electron chi connectivity index (χ3n) is 3.95. The Morgan fingerprint density at radius 1 is 0.864 bits per heavy atom. The lowest BCUT2D eigenvalue weighted by atomic mass is 9.95. The first-order valence-corrected chi connectivity index (χ1v) is 7.40. The summed E-state index contributed by atoms with van der Waals surface area (Å²) < 4.78 is 26.0. The molecule has 2 nitrogen and oxygen atoms in total. The first kappa shape index (κ1) is 14.7. The van der Waals surface area contributed by atoms with Crippen LogP contribution in [0.3, 0.4) is 0 Å². The van der Waals surface area contributed by atoms with Crippen molar-refractivity contribution in [3.05, 3.63) is 71.3 Å². The number of nitrogens with zero attached hydrogens (tertiary/aromatic N) is 1. The number of halogens is 2. The van der Waals surface area contributed by atoms with E-state index in [2.05, 4.69) is 10.3 Å². The molecule has 1 aliphatic rings. The number of rotatable bonds is 4. The maximum absolute atomic E-state index is 13.0. The van der Waals surface area contributed by atoms with Gasteiger partial charge in [0.05, 0.1) is 17.9 Å². The van der Waals surface area contributed by atoms with E-state index in [0.29, 0.717) is 0 Å². The van der Waals surface area contributed by atoms with Crippen molar-refractivity contribution >= 4 is 5.84 Å². The highest BCUT2D eigenvalue weighted by atomic mass is 19.1. The quantitative estimate of drug-likeness (QED) is 0.918. The van der Waals surface area contributed by atoms with Crippen molar-refractivity contribution in [3.8, 4) is 0 Å². The fourth-order valence-electron chi connectivity index (χ4n) is 2.85. The Morgan fingerprint density at radius 3 is 1.91 bits per heavy atom. The molecule has 0 bridgehead atoms. The van der Waals surface area contributed by atoms with Gasteiger partial charge in [0.25, 0.3) is 0 Å². The lowest BCUT2D eigenvalue weighted by Crippen LogP contribution is -2.37. The Balaban J connectivity index is 1.70. The Bertz CT molecular complexity index is 662. The summed E-state index contributed by atoms with van der Waals surface area (Å²) in [6, 6.07) is 13.4. The number of benzene rings is 2. The van der Waals surface area contributed by atoms with Crippen molar-refractivity contribution in [2.75, 3.05) is 0 Å². The van der Waals surface area contributed by atoms with E-state index in [1.165, 1.54) is 24.3 Å². The van der Waals surface area contributed by atoms with Gasteiger partial charge in [0.15, 0.2) is 0 Å². The molecule has 0 fully saturated rings. The Hall–Kier alpha value is -2.23. The Morgan fingerprint density at radius 2 is 1.36 bits per heavy atom. The van der Waals surface area contributed by atoms with Crippen LogP contribution in [0.5, 0.6) is 0 Å². The van der Waals surface area contributed by atoms with Crippen LogP contribution in [0.15, 0.2) is 53.5 Å². The maximum Gasteiger partial charge on any atom is 0.123 e. The van der Waals surface area contributed by atoms with Crippen molar-refractivity contribution in [1.29, 1.82) is 0 Å². The third kappa shape index (κ3) is 3.50. The molecule has 0 saturated carbocycles. The molecule has 0 radical (unpaired) electrons. The van der Waals surface area contributed by atoms with Crippen LogP contribution in [0.25, 0.3) is 0 Å². The molecule has 114 valence electrons. The summed E-state index contributed by atoms with van der Waals surface area (Å²) in [4.78, 5) is 4.64. The van der Waals surface area contributed by atoms with Gasteiger partial charge >= 0.3 is 0 Å². The molecule has 2 atom stereocenters. The molecule has 1 N–H and O–H groups in total. The number of aliphatic imine (C=N–C) groups is 1. The number of nitrogens with one attached hydrogen (secondary N) is 1. The summed E-state index contributed by atoms with van der Waals surface area (Å²) >= 11 is 0. The molecule has 3 rings (SSSR count). The lowest BCUT2D eigenvalue weighted by Gasteiger charge is -2.19. The van der Waals surface area contributed by atoms with Gasteiger partial charge in [-0.15, -0.1) is 0 Å². The van der Waals surface area contributed by atoms with Gasteiger partial charge in [-0.05, 0) is 55.2 Å². The molecular formula is C18H18F2N2. The second-order valence-electron chi connectivity index (χ2n) is 5.69. The molecule has 22 heavy (non-hydrogen) atoms. The summed E-state index contributed by atoms with van der Waals surface area (Å²) in [5.41, 5.74) is 2.14. The lowest BCUT2D eigenvalue weighted by molar-refractivity contribution is 0.517. The van der Waals surface area contributed by atoms with Crippen molar-refractivity contribution in [3.63, 3.8) is 0 Å². The minimum atomic E-state index is -0.226. The summed E-state index contributed by atoms with van der Waals surface area (Å²) in [6.07, 6.45) is 1.55. The fourth-order valence-corrected chi connectivity index (χ4v) is 2.85. The van der Waals surface area contributed by atoms with E-state index in [-0.39, 0.29) is 23.7 Å². The van der Waals surface area contributed by atoms with Gasteiger partial charge in [-0.25, -0.2) is 8.78 Å². The van der Waals surface area contributed by atoms with Crippen molar-refractivity contribution in [2.45, 2.75) is 31.8 Å². The van der Waals surface area contributed by atoms with Gasteiger partial charge in [0, 0.05) is 0 Å². The van der Waals surface area contributed by atoms with E-state index >= 15 is 0 Å². The molecule has 2 aromatic carbocycles. The average molecular weight is 300 g/mol. The smallest absolute Gasteiger partial charge is 0.123 e. The summed E-state index contributed by atoms with van der Waals surface area (Å²) in [6.45, 7) is 1.95. The second-order valence-corrected chi connectivity index (χ2v) is 5.69. The minimum Gasteiger partial charge on any atom is -0.369 e. The molecule has 1 aliphatic heterocycles. The predicted octanol–water partition coefficient (Wildman–Crippen LogP) is 3.51. The van der Waals surface area contributed by atoms with E-state index in [4.69, 9.17) is 0 Å². The highest BCUT2D eigenvalue weighted by Gasteiger charge is 2.27. The molecule has 0 aliphatic carbocycles. The van der Waals surface area contributed by atoms with Crippen LogP contribution < -0.4 is 5.32 Å². The second kappa shape index (κ2) is 6.26. The van der Waals surface area contributed by atoms with E-state index < -0.39 is 0 Å². The zero-order valence-corrected chi connectivity index (χ0v) is 12.4. The highest BCUT2D eigenvalue weighted by Crippen LogP contribution is 2.18. The predicted molar refractivity (Wildman–Crippen MR) is 84.0 cm³/mol. The standard InChI is InChI=1S/C18H18F2N2/c1-12-21-17(10-13-2-6-15(19)7-3-13)18(22-12)11-14-4-8-16(20)9-5-14/h2-9,17-18H,10-11H2,1H3,(H,21,22). The SMILES string of the molecule is CC1=NC(Cc2ccc(F)cc2)C(Cc2ccc(F)cc2)N1. The first-order valence-electron chi connectivity index (χ1n) is 7.40. The van der Waals surface area contributed by atoms with Crippen molar-refractivity contribution in [1.82, 2.24) is 5.32 Å². The van der Waals surface area contributed by atoms with Crippen LogP contribution in [-0.4, -0.2) is 17.9 Å². The molecule has 0 amide bonds.